The first-order chi connectivity index (χ1) is 10.2. The number of nitrogen functional groups attached to an aromatic ring is 1. The van der Waals surface area contributed by atoms with Gasteiger partial charge in [-0.25, -0.2) is 4.98 Å². The van der Waals surface area contributed by atoms with Gasteiger partial charge in [-0.2, -0.15) is 4.98 Å². The molecule has 5 nitrogen and oxygen atoms in total. The maximum atomic E-state index is 5.78. The Balaban J connectivity index is 1.91. The number of ether oxygens (including phenoxy) is 1. The summed E-state index contributed by atoms with van der Waals surface area (Å²) in [5.74, 6) is 1.89. The monoisotopic (exact) mass is 300 g/mol. The lowest BCUT2D eigenvalue weighted by molar-refractivity contribution is 0.410. The highest BCUT2D eigenvalue weighted by atomic mass is 32.1. The molecule has 6 heteroatoms. The number of nitrogens with one attached hydrogen (secondary N) is 1. The van der Waals surface area contributed by atoms with E-state index in [0.29, 0.717) is 6.54 Å². The minimum Gasteiger partial charge on any atom is -0.496 e. The Hall–Kier alpha value is -2.34. The molecule has 21 heavy (non-hydrogen) atoms. The second kappa shape index (κ2) is 5.57. The fraction of sp³-hybridized carbons (Fsp3) is 0.200. The van der Waals surface area contributed by atoms with E-state index < -0.39 is 0 Å². The Bertz CT molecular complexity index is 784. The predicted molar refractivity (Wildman–Crippen MR) is 86.9 cm³/mol. The van der Waals surface area contributed by atoms with Crippen LogP contribution in [0.1, 0.15) is 10.4 Å². The molecule has 0 bridgehead atoms. The van der Waals surface area contributed by atoms with Crippen LogP contribution < -0.4 is 15.8 Å². The van der Waals surface area contributed by atoms with E-state index in [0.717, 1.165) is 27.3 Å². The smallest absolute Gasteiger partial charge is 0.223 e. The molecule has 108 valence electrons. The number of aromatic nitrogens is 2. The van der Waals surface area contributed by atoms with Gasteiger partial charge >= 0.3 is 0 Å². The van der Waals surface area contributed by atoms with E-state index in [1.165, 1.54) is 4.88 Å². The van der Waals surface area contributed by atoms with E-state index in [1.54, 1.807) is 18.4 Å². The van der Waals surface area contributed by atoms with Gasteiger partial charge < -0.3 is 15.8 Å². The van der Waals surface area contributed by atoms with Gasteiger partial charge in [0.05, 0.1) is 12.5 Å². The molecule has 0 fully saturated rings. The molecule has 0 aliphatic carbocycles. The number of nitrogens with zero attached hydrogens (tertiary/aromatic N) is 2. The van der Waals surface area contributed by atoms with E-state index in [4.69, 9.17) is 10.5 Å². The molecule has 2 aromatic heterocycles. The van der Waals surface area contributed by atoms with Gasteiger partial charge in [-0.15, -0.1) is 11.3 Å². The highest BCUT2D eigenvalue weighted by Crippen LogP contribution is 2.29. The van der Waals surface area contributed by atoms with Crippen molar-refractivity contribution in [3.8, 4) is 5.75 Å². The Labute approximate surface area is 126 Å². The summed E-state index contributed by atoms with van der Waals surface area (Å²) >= 11 is 1.61. The van der Waals surface area contributed by atoms with Crippen molar-refractivity contribution in [3.63, 3.8) is 0 Å². The summed E-state index contributed by atoms with van der Waals surface area (Å²) in [4.78, 5) is 10.7. The number of benzene rings is 1. The van der Waals surface area contributed by atoms with Gasteiger partial charge in [-0.3, -0.25) is 0 Å². The number of hydrogen-bond acceptors (Lipinski definition) is 6. The number of anilines is 2. The maximum absolute atomic E-state index is 5.78. The van der Waals surface area contributed by atoms with Crippen molar-refractivity contribution in [2.45, 2.75) is 13.5 Å². The zero-order chi connectivity index (χ0) is 14.8. The van der Waals surface area contributed by atoms with Gasteiger partial charge in [0, 0.05) is 17.0 Å². The van der Waals surface area contributed by atoms with Crippen LogP contribution in [0.4, 0.5) is 11.8 Å². The minimum absolute atomic E-state index is 0.284. The molecule has 0 amide bonds. The Morgan fingerprint density at radius 2 is 2.10 bits per heavy atom. The first-order valence-corrected chi connectivity index (χ1v) is 7.38. The number of methoxy groups -OCH3 is 1. The molecule has 2 heterocycles. The Morgan fingerprint density at radius 3 is 2.90 bits per heavy atom. The van der Waals surface area contributed by atoms with Crippen LogP contribution in [0, 0.1) is 6.92 Å². The normalized spacial score (nSPS) is 10.8. The largest absolute Gasteiger partial charge is 0.496 e. The molecule has 1 aromatic carbocycles. The summed E-state index contributed by atoms with van der Waals surface area (Å²) in [5.41, 5.74) is 6.85. The van der Waals surface area contributed by atoms with Crippen LogP contribution in [-0.4, -0.2) is 17.1 Å². The topological polar surface area (TPSA) is 73.1 Å². The first-order valence-electron chi connectivity index (χ1n) is 6.57. The Kier molecular flexibility index (Phi) is 3.62. The number of hydrogen-bond donors (Lipinski definition) is 2. The standard InChI is InChI=1S/C15H16N4OS/c1-9-7-11-13(18-15(16)19-14(11)21-9)17-8-10-5-3-4-6-12(10)20-2/h3-7H,8H2,1-2H3,(H3,16,17,18,19). The van der Waals surface area contributed by atoms with Crippen LogP contribution in [0.2, 0.25) is 0 Å². The second-order valence-electron chi connectivity index (χ2n) is 4.67. The summed E-state index contributed by atoms with van der Waals surface area (Å²) in [7, 11) is 1.67. The van der Waals surface area contributed by atoms with Gasteiger partial charge in [0.15, 0.2) is 0 Å². The molecule has 0 saturated carbocycles. The van der Waals surface area contributed by atoms with E-state index in [-0.39, 0.29) is 5.95 Å². The number of para-hydroxylation sites is 1. The first kappa shape index (κ1) is 13.6. The zero-order valence-corrected chi connectivity index (χ0v) is 12.7. The molecule has 3 rings (SSSR count). The number of thiophene rings is 1. The predicted octanol–water partition coefficient (Wildman–Crippen LogP) is 3.20. The van der Waals surface area contributed by atoms with Gasteiger partial charge in [0.1, 0.15) is 16.4 Å². The third-order valence-electron chi connectivity index (χ3n) is 3.17. The molecule has 0 radical (unpaired) electrons. The van der Waals surface area contributed by atoms with Crippen LogP contribution in [0.5, 0.6) is 5.75 Å². The highest BCUT2D eigenvalue weighted by Gasteiger charge is 2.10. The van der Waals surface area contributed by atoms with Gasteiger partial charge in [-0.1, -0.05) is 18.2 Å². The van der Waals surface area contributed by atoms with Crippen LogP contribution in [0.3, 0.4) is 0 Å². The van der Waals surface area contributed by atoms with Crippen molar-refractivity contribution in [2.24, 2.45) is 0 Å². The number of rotatable bonds is 4. The van der Waals surface area contributed by atoms with Crippen molar-refractivity contribution in [2.75, 3.05) is 18.2 Å². The molecule has 3 N–H and O–H groups in total. The van der Waals surface area contributed by atoms with Crippen LogP contribution in [0.25, 0.3) is 10.2 Å². The van der Waals surface area contributed by atoms with Crippen molar-refractivity contribution in [3.05, 3.63) is 40.8 Å². The summed E-state index contributed by atoms with van der Waals surface area (Å²) in [6.45, 7) is 2.66. The number of nitrogens with two attached hydrogens (primary N) is 1. The number of aryl methyl sites for hydroxylation is 1. The lowest BCUT2D eigenvalue weighted by Gasteiger charge is -2.10. The molecule has 0 aliphatic heterocycles. The molecular weight excluding hydrogens is 284 g/mol. The van der Waals surface area contributed by atoms with Crippen molar-refractivity contribution in [1.82, 2.24) is 9.97 Å². The molecule has 0 spiro atoms. The van der Waals surface area contributed by atoms with Gasteiger partial charge in [-0.05, 0) is 19.1 Å². The lowest BCUT2D eigenvalue weighted by atomic mass is 10.2. The number of fused-ring (bicyclic) bond motifs is 1. The SMILES string of the molecule is COc1ccccc1CNc1nc(N)nc2sc(C)cc12. The summed E-state index contributed by atoms with van der Waals surface area (Å²) in [6.07, 6.45) is 0. The lowest BCUT2D eigenvalue weighted by Crippen LogP contribution is -2.05. The third kappa shape index (κ3) is 2.75. The van der Waals surface area contributed by atoms with Crippen molar-refractivity contribution < 1.29 is 4.74 Å². The van der Waals surface area contributed by atoms with E-state index in [9.17, 15) is 0 Å². The molecule has 0 aliphatic rings. The van der Waals surface area contributed by atoms with E-state index in [2.05, 4.69) is 21.4 Å². The average molecular weight is 300 g/mol. The van der Waals surface area contributed by atoms with Crippen molar-refractivity contribution >= 4 is 33.3 Å². The van der Waals surface area contributed by atoms with Crippen LogP contribution in [0.15, 0.2) is 30.3 Å². The summed E-state index contributed by atoms with van der Waals surface area (Å²) in [6, 6.07) is 9.97. The van der Waals surface area contributed by atoms with Crippen LogP contribution >= 0.6 is 11.3 Å². The zero-order valence-electron chi connectivity index (χ0n) is 11.9. The molecule has 0 unspecified atom stereocenters. The van der Waals surface area contributed by atoms with Crippen molar-refractivity contribution in [1.29, 1.82) is 0 Å². The van der Waals surface area contributed by atoms with Crippen LogP contribution in [-0.2, 0) is 6.54 Å². The minimum atomic E-state index is 0.284. The molecule has 0 saturated heterocycles. The highest BCUT2D eigenvalue weighted by molar-refractivity contribution is 7.18. The second-order valence-corrected chi connectivity index (χ2v) is 5.91. The van der Waals surface area contributed by atoms with Gasteiger partial charge in [0.25, 0.3) is 0 Å². The quantitative estimate of drug-likeness (QED) is 0.774. The molecular formula is C15H16N4OS. The fourth-order valence-corrected chi connectivity index (χ4v) is 3.11. The third-order valence-corrected chi connectivity index (χ3v) is 4.12. The van der Waals surface area contributed by atoms with E-state index >= 15 is 0 Å². The molecule has 3 aromatic rings. The fourth-order valence-electron chi connectivity index (χ4n) is 2.22. The van der Waals surface area contributed by atoms with E-state index in [1.807, 2.05) is 31.2 Å². The van der Waals surface area contributed by atoms with Gasteiger partial charge in [0.2, 0.25) is 5.95 Å². The Morgan fingerprint density at radius 1 is 1.29 bits per heavy atom. The maximum Gasteiger partial charge on any atom is 0.223 e. The average Bonchev–Trinajstić information content (AvgIpc) is 2.85. The summed E-state index contributed by atoms with van der Waals surface area (Å²) < 4.78 is 5.35. The molecule has 0 atom stereocenters. The summed E-state index contributed by atoms with van der Waals surface area (Å²) in [5, 5.41) is 4.33.